The number of nitrogens with two attached hydrogens (primary N) is 2. The van der Waals surface area contributed by atoms with Gasteiger partial charge in [0.25, 0.3) is 0 Å². The van der Waals surface area contributed by atoms with E-state index in [2.05, 4.69) is 5.32 Å². The maximum absolute atomic E-state index is 11.1. The van der Waals surface area contributed by atoms with Crippen LogP contribution in [0.4, 0.5) is 0 Å². The molecule has 5 N–H and O–H groups in total. The van der Waals surface area contributed by atoms with Crippen LogP contribution in [-0.4, -0.2) is 32.0 Å². The highest BCUT2D eigenvalue weighted by Crippen LogP contribution is 1.98. The number of carbonyl (C=O) groups is 1. The van der Waals surface area contributed by atoms with E-state index in [9.17, 15) is 4.79 Å². The Hall–Kier alpha value is -0.450. The standard InChI is InChI=1S/C8H19N3O/c1-11-6-8(12)7(10)4-2-3-5-9/h7,11H,2-6,9-10H2,1H3/t7-/m1/s1. The fourth-order valence-corrected chi connectivity index (χ4v) is 0.975. The number of nitrogens with one attached hydrogen (secondary N) is 1. The number of rotatable bonds is 7. The molecule has 0 spiro atoms. The summed E-state index contributed by atoms with van der Waals surface area (Å²) >= 11 is 0. The van der Waals surface area contributed by atoms with Crippen molar-refractivity contribution in [3.63, 3.8) is 0 Å². The van der Waals surface area contributed by atoms with Gasteiger partial charge in [0.15, 0.2) is 5.78 Å². The van der Waals surface area contributed by atoms with Gasteiger partial charge in [-0.05, 0) is 26.4 Å². The molecule has 4 nitrogen and oxygen atoms in total. The van der Waals surface area contributed by atoms with Crippen LogP contribution >= 0.6 is 0 Å². The maximum Gasteiger partial charge on any atom is 0.163 e. The fraction of sp³-hybridized carbons (Fsp3) is 0.875. The fourth-order valence-electron chi connectivity index (χ4n) is 0.975. The third kappa shape index (κ3) is 5.23. The molecule has 0 saturated carbocycles. The van der Waals surface area contributed by atoms with Crippen LogP contribution in [0.2, 0.25) is 0 Å². The van der Waals surface area contributed by atoms with Crippen molar-refractivity contribution >= 4 is 5.78 Å². The number of Topliss-reactive ketones (excluding diaryl/α,β-unsaturated/α-hetero) is 1. The van der Waals surface area contributed by atoms with E-state index in [0.717, 1.165) is 19.3 Å². The van der Waals surface area contributed by atoms with E-state index in [1.165, 1.54) is 0 Å². The van der Waals surface area contributed by atoms with E-state index in [0.29, 0.717) is 13.1 Å². The van der Waals surface area contributed by atoms with Crippen LogP contribution in [0.3, 0.4) is 0 Å². The molecule has 0 aromatic heterocycles. The minimum atomic E-state index is -0.316. The van der Waals surface area contributed by atoms with Gasteiger partial charge in [-0.2, -0.15) is 0 Å². The van der Waals surface area contributed by atoms with Crippen molar-refractivity contribution < 1.29 is 4.79 Å². The van der Waals surface area contributed by atoms with Crippen molar-refractivity contribution in [1.29, 1.82) is 0 Å². The third-order valence-corrected chi connectivity index (χ3v) is 1.73. The molecule has 12 heavy (non-hydrogen) atoms. The second-order valence-electron chi connectivity index (χ2n) is 2.89. The van der Waals surface area contributed by atoms with Crippen molar-refractivity contribution in [3.8, 4) is 0 Å². The number of hydrogen-bond donors (Lipinski definition) is 3. The average Bonchev–Trinajstić information content (AvgIpc) is 2.05. The lowest BCUT2D eigenvalue weighted by atomic mass is 10.1. The molecule has 0 rings (SSSR count). The molecule has 0 unspecified atom stereocenters. The minimum absolute atomic E-state index is 0.0783. The quantitative estimate of drug-likeness (QED) is 0.442. The van der Waals surface area contributed by atoms with Crippen molar-refractivity contribution in [2.24, 2.45) is 11.5 Å². The lowest BCUT2D eigenvalue weighted by Gasteiger charge is -2.08. The molecule has 0 saturated heterocycles. The Bertz CT molecular complexity index is 127. The van der Waals surface area contributed by atoms with Crippen LogP contribution in [0.15, 0.2) is 0 Å². The molecular formula is C8H19N3O. The summed E-state index contributed by atoms with van der Waals surface area (Å²) in [5.74, 6) is 0.0783. The molecule has 0 aliphatic rings. The summed E-state index contributed by atoms with van der Waals surface area (Å²) in [6.07, 6.45) is 2.63. The van der Waals surface area contributed by atoms with Gasteiger partial charge in [0.1, 0.15) is 0 Å². The Morgan fingerprint density at radius 2 is 2.17 bits per heavy atom. The SMILES string of the molecule is CNCC(=O)[C@H](N)CCCCN. The lowest BCUT2D eigenvalue weighted by molar-refractivity contribution is -0.119. The second-order valence-corrected chi connectivity index (χ2v) is 2.89. The molecule has 72 valence electrons. The maximum atomic E-state index is 11.1. The zero-order chi connectivity index (χ0) is 9.40. The normalized spacial score (nSPS) is 12.9. The van der Waals surface area contributed by atoms with E-state index < -0.39 is 0 Å². The molecule has 0 aromatic rings. The van der Waals surface area contributed by atoms with Crippen LogP contribution in [0.25, 0.3) is 0 Å². The molecule has 0 radical (unpaired) electrons. The van der Waals surface area contributed by atoms with E-state index >= 15 is 0 Å². The van der Waals surface area contributed by atoms with Gasteiger partial charge in [0.2, 0.25) is 0 Å². The molecule has 0 bridgehead atoms. The Morgan fingerprint density at radius 3 is 2.67 bits per heavy atom. The highest BCUT2D eigenvalue weighted by molar-refractivity contribution is 5.85. The zero-order valence-corrected chi connectivity index (χ0v) is 7.68. The number of ketones is 1. The van der Waals surface area contributed by atoms with Gasteiger partial charge < -0.3 is 16.8 Å². The van der Waals surface area contributed by atoms with Gasteiger partial charge in [0.05, 0.1) is 12.6 Å². The molecule has 0 aliphatic carbocycles. The van der Waals surface area contributed by atoms with Crippen LogP contribution in [0.1, 0.15) is 19.3 Å². The van der Waals surface area contributed by atoms with Gasteiger partial charge in [-0.1, -0.05) is 6.42 Å². The Labute approximate surface area is 73.7 Å². The Kier molecular flexibility index (Phi) is 6.94. The van der Waals surface area contributed by atoms with E-state index in [1.807, 2.05) is 0 Å². The molecule has 0 amide bonds. The summed E-state index contributed by atoms with van der Waals surface area (Å²) in [6, 6.07) is -0.316. The van der Waals surface area contributed by atoms with Crippen molar-refractivity contribution in [3.05, 3.63) is 0 Å². The summed E-state index contributed by atoms with van der Waals surface area (Å²) < 4.78 is 0. The van der Waals surface area contributed by atoms with Crippen LogP contribution < -0.4 is 16.8 Å². The summed E-state index contributed by atoms with van der Waals surface area (Å²) in [5, 5.41) is 2.78. The summed E-state index contributed by atoms with van der Waals surface area (Å²) in [7, 11) is 1.74. The lowest BCUT2D eigenvalue weighted by Crippen LogP contribution is -2.36. The van der Waals surface area contributed by atoms with Crippen LogP contribution in [-0.2, 0) is 4.79 Å². The first kappa shape index (κ1) is 11.6. The topological polar surface area (TPSA) is 81.1 Å². The first-order valence-electron chi connectivity index (χ1n) is 4.35. The van der Waals surface area contributed by atoms with Gasteiger partial charge in [-0.15, -0.1) is 0 Å². The van der Waals surface area contributed by atoms with E-state index in [4.69, 9.17) is 11.5 Å². The molecule has 4 heteroatoms. The molecule has 0 fully saturated rings. The predicted molar refractivity (Wildman–Crippen MR) is 49.8 cm³/mol. The highest BCUT2D eigenvalue weighted by atomic mass is 16.1. The number of likely N-dealkylation sites (N-methyl/N-ethyl adjacent to an activating group) is 1. The van der Waals surface area contributed by atoms with E-state index in [-0.39, 0.29) is 11.8 Å². The zero-order valence-electron chi connectivity index (χ0n) is 7.68. The number of unbranched alkanes of at least 4 members (excludes halogenated alkanes) is 1. The van der Waals surface area contributed by atoms with Crippen LogP contribution in [0, 0.1) is 0 Å². The predicted octanol–water partition coefficient (Wildman–Crippen LogP) is -0.769. The number of carbonyl (C=O) groups excluding carboxylic acids is 1. The van der Waals surface area contributed by atoms with Crippen molar-refractivity contribution in [1.82, 2.24) is 5.32 Å². The summed E-state index contributed by atoms with van der Waals surface area (Å²) in [6.45, 7) is 1.04. The van der Waals surface area contributed by atoms with Gasteiger partial charge in [0, 0.05) is 0 Å². The molecular weight excluding hydrogens is 154 g/mol. The molecule has 0 heterocycles. The highest BCUT2D eigenvalue weighted by Gasteiger charge is 2.10. The summed E-state index contributed by atoms with van der Waals surface area (Å²) in [4.78, 5) is 11.1. The molecule has 0 aromatic carbocycles. The number of hydrogen-bond acceptors (Lipinski definition) is 4. The molecule has 0 aliphatic heterocycles. The Balaban J connectivity index is 3.42. The van der Waals surface area contributed by atoms with Gasteiger partial charge >= 0.3 is 0 Å². The second kappa shape index (κ2) is 7.21. The monoisotopic (exact) mass is 173 g/mol. The first-order valence-corrected chi connectivity index (χ1v) is 4.35. The average molecular weight is 173 g/mol. The molecule has 1 atom stereocenters. The minimum Gasteiger partial charge on any atom is -0.330 e. The van der Waals surface area contributed by atoms with Gasteiger partial charge in [-0.25, -0.2) is 0 Å². The van der Waals surface area contributed by atoms with Crippen LogP contribution in [0.5, 0.6) is 0 Å². The van der Waals surface area contributed by atoms with Crippen molar-refractivity contribution in [2.45, 2.75) is 25.3 Å². The summed E-state index contributed by atoms with van der Waals surface area (Å²) in [5.41, 5.74) is 10.9. The first-order chi connectivity index (χ1) is 5.72. The van der Waals surface area contributed by atoms with Gasteiger partial charge in [-0.3, -0.25) is 4.79 Å². The smallest absolute Gasteiger partial charge is 0.163 e. The van der Waals surface area contributed by atoms with Crippen molar-refractivity contribution in [2.75, 3.05) is 20.1 Å². The Morgan fingerprint density at radius 1 is 1.50 bits per heavy atom. The third-order valence-electron chi connectivity index (χ3n) is 1.73. The largest absolute Gasteiger partial charge is 0.330 e. The van der Waals surface area contributed by atoms with E-state index in [1.54, 1.807) is 7.05 Å².